The summed E-state index contributed by atoms with van der Waals surface area (Å²) in [7, 11) is -4.15. The number of fused-ring (bicyclic) bond motifs is 1. The van der Waals surface area contributed by atoms with Crippen LogP contribution in [0.2, 0.25) is 15.1 Å². The Morgan fingerprint density at radius 2 is 1.86 bits per heavy atom. The van der Waals surface area contributed by atoms with Gasteiger partial charge in [-0.15, -0.1) is 0 Å². The van der Waals surface area contributed by atoms with Crippen LogP contribution in [0, 0.1) is 0 Å². The van der Waals surface area contributed by atoms with Gasteiger partial charge in [0.1, 0.15) is 15.7 Å². The fraction of sp³-hybridized carbons (Fsp3) is 0.125. The van der Waals surface area contributed by atoms with Crippen molar-refractivity contribution in [2.24, 2.45) is 5.14 Å². The molecule has 0 radical (unpaired) electrons. The molecule has 0 saturated heterocycles. The monoisotopic (exact) mass is 465 g/mol. The molecule has 0 spiro atoms. The van der Waals surface area contributed by atoms with Crippen molar-refractivity contribution >= 4 is 56.8 Å². The number of carboxylic acid groups (broad SMARTS) is 1. The van der Waals surface area contributed by atoms with E-state index in [1.54, 1.807) is 0 Å². The maximum atomic E-state index is 12.9. The van der Waals surface area contributed by atoms with E-state index >= 15 is 0 Å². The Morgan fingerprint density at radius 3 is 2.46 bits per heavy atom. The van der Waals surface area contributed by atoms with Crippen LogP contribution in [-0.2, 0) is 21.2 Å². The van der Waals surface area contributed by atoms with Crippen LogP contribution in [-0.4, -0.2) is 31.8 Å². The first-order valence-electron chi connectivity index (χ1n) is 7.43. The number of carbonyl (C=O) groups excluding carboxylic acids is 1. The third-order valence-electron chi connectivity index (χ3n) is 3.85. The predicted octanol–water partition coefficient (Wildman–Crippen LogP) is 3.48. The van der Waals surface area contributed by atoms with Gasteiger partial charge in [0.2, 0.25) is 10.0 Å². The minimum atomic E-state index is -4.15. The summed E-state index contributed by atoms with van der Waals surface area (Å²) in [6, 6.07) is 4.94. The molecule has 28 heavy (non-hydrogen) atoms. The van der Waals surface area contributed by atoms with Gasteiger partial charge in [-0.25, -0.2) is 18.4 Å². The van der Waals surface area contributed by atoms with Crippen molar-refractivity contribution in [3.05, 3.63) is 56.0 Å². The summed E-state index contributed by atoms with van der Waals surface area (Å²) in [5.74, 6) is -0.533. The van der Waals surface area contributed by atoms with Crippen LogP contribution in [0.15, 0.2) is 29.2 Å². The molecule has 0 amide bonds. The second-order valence-electron chi connectivity index (χ2n) is 5.69. The summed E-state index contributed by atoms with van der Waals surface area (Å²) in [6.07, 6.45) is -2.65. The van der Waals surface area contributed by atoms with Gasteiger partial charge in [-0.1, -0.05) is 34.8 Å². The molecule has 8 nitrogen and oxygen atoms in total. The molecule has 0 aliphatic carbocycles. The van der Waals surface area contributed by atoms with Crippen molar-refractivity contribution in [1.82, 2.24) is 0 Å². The lowest BCUT2D eigenvalue weighted by Crippen LogP contribution is -2.20. The highest BCUT2D eigenvalue weighted by atomic mass is 35.5. The van der Waals surface area contributed by atoms with E-state index < -0.39 is 33.1 Å². The average molecular weight is 467 g/mol. The number of benzene rings is 2. The minimum absolute atomic E-state index is 0.0157. The Kier molecular flexibility index (Phi) is 5.48. The molecule has 2 aromatic carbocycles. The van der Waals surface area contributed by atoms with Crippen LogP contribution in [0.4, 0.5) is 4.79 Å². The quantitative estimate of drug-likeness (QED) is 0.520. The number of carbonyl (C=O) groups is 2. The third kappa shape index (κ3) is 3.89. The van der Waals surface area contributed by atoms with Crippen LogP contribution in [0.25, 0.3) is 0 Å². The van der Waals surface area contributed by atoms with Gasteiger partial charge in [0.05, 0.1) is 16.5 Å². The van der Waals surface area contributed by atoms with Crippen molar-refractivity contribution in [2.45, 2.75) is 17.6 Å². The second-order valence-corrected chi connectivity index (χ2v) is 8.39. The Labute approximate surface area is 173 Å². The molecule has 1 aliphatic heterocycles. The highest BCUT2D eigenvalue weighted by Gasteiger charge is 2.32. The SMILES string of the molecule is NS(=O)(=O)c1cc(C(=O)c2cc3c(c(Cl)c2Cl)OC(OC(=O)O)C3)ccc1Cl. The van der Waals surface area contributed by atoms with E-state index in [-0.39, 0.29) is 38.4 Å². The first-order chi connectivity index (χ1) is 13.0. The second kappa shape index (κ2) is 7.41. The first-order valence-corrected chi connectivity index (χ1v) is 10.1. The Morgan fingerprint density at radius 1 is 1.18 bits per heavy atom. The van der Waals surface area contributed by atoms with Gasteiger partial charge < -0.3 is 14.6 Å². The molecule has 148 valence electrons. The Balaban J connectivity index is 2.03. The predicted molar refractivity (Wildman–Crippen MR) is 99.9 cm³/mol. The number of halogens is 3. The summed E-state index contributed by atoms with van der Waals surface area (Å²) in [5.41, 5.74) is 0.334. The molecule has 0 bridgehead atoms. The van der Waals surface area contributed by atoms with Crippen LogP contribution in [0.1, 0.15) is 21.5 Å². The zero-order valence-corrected chi connectivity index (χ0v) is 16.7. The highest BCUT2D eigenvalue weighted by molar-refractivity contribution is 7.89. The van der Waals surface area contributed by atoms with Crippen LogP contribution >= 0.6 is 34.8 Å². The van der Waals surface area contributed by atoms with E-state index in [2.05, 4.69) is 4.74 Å². The van der Waals surface area contributed by atoms with Crippen LogP contribution in [0.5, 0.6) is 5.75 Å². The first kappa shape index (κ1) is 20.7. The standard InChI is InChI=1S/C16H10Cl3NO7S/c17-9-2-1-6(4-10(9)28(20,24)25)14(21)8-3-7-5-11(27-16(22)23)26-15(7)13(19)12(8)18/h1-4,11H,5H2,(H,22,23)(H2,20,24,25). The smallest absolute Gasteiger partial charge is 0.452 e. The van der Waals surface area contributed by atoms with Crippen molar-refractivity contribution in [1.29, 1.82) is 0 Å². The summed E-state index contributed by atoms with van der Waals surface area (Å²) in [6.45, 7) is 0. The summed E-state index contributed by atoms with van der Waals surface area (Å²) in [5, 5.41) is 13.4. The molecule has 12 heteroatoms. The summed E-state index contributed by atoms with van der Waals surface area (Å²) < 4.78 is 33.1. The molecule has 0 saturated carbocycles. The normalized spacial score (nSPS) is 15.6. The molecule has 1 aliphatic rings. The van der Waals surface area contributed by atoms with E-state index in [9.17, 15) is 18.0 Å². The number of hydrogen-bond acceptors (Lipinski definition) is 6. The molecule has 1 heterocycles. The van der Waals surface area contributed by atoms with Crippen LogP contribution < -0.4 is 9.88 Å². The molecule has 0 aromatic heterocycles. The average Bonchev–Trinajstić information content (AvgIpc) is 2.98. The van der Waals surface area contributed by atoms with Crippen molar-refractivity contribution < 1.29 is 32.6 Å². The maximum absolute atomic E-state index is 12.9. The molecule has 1 atom stereocenters. The molecular weight excluding hydrogens is 457 g/mol. The van der Waals surface area contributed by atoms with Crippen molar-refractivity contribution in [2.75, 3.05) is 0 Å². The lowest BCUT2D eigenvalue weighted by Gasteiger charge is -2.11. The highest BCUT2D eigenvalue weighted by Crippen LogP contribution is 2.43. The number of primary sulfonamides is 1. The van der Waals surface area contributed by atoms with E-state index in [4.69, 9.17) is 49.8 Å². The lowest BCUT2D eigenvalue weighted by molar-refractivity contribution is -0.0393. The maximum Gasteiger partial charge on any atom is 0.508 e. The molecule has 3 rings (SSSR count). The van der Waals surface area contributed by atoms with Gasteiger partial charge in [-0.2, -0.15) is 0 Å². The number of rotatable bonds is 4. The minimum Gasteiger partial charge on any atom is -0.452 e. The molecule has 0 fully saturated rings. The third-order valence-corrected chi connectivity index (χ3v) is 6.09. The van der Waals surface area contributed by atoms with Crippen molar-refractivity contribution in [3.63, 3.8) is 0 Å². The molecule has 1 unspecified atom stereocenters. The molecule has 2 aromatic rings. The zero-order chi connectivity index (χ0) is 20.8. The van der Waals surface area contributed by atoms with E-state index in [1.165, 1.54) is 18.2 Å². The van der Waals surface area contributed by atoms with Gasteiger partial charge in [0.15, 0.2) is 5.78 Å². The Hall–Kier alpha value is -2.04. The van der Waals surface area contributed by atoms with Gasteiger partial charge in [-0.3, -0.25) is 4.79 Å². The number of nitrogens with two attached hydrogens (primary N) is 1. The lowest BCUT2D eigenvalue weighted by atomic mass is 10.00. The number of ketones is 1. The van der Waals surface area contributed by atoms with Gasteiger partial charge in [-0.05, 0) is 24.3 Å². The number of hydrogen-bond donors (Lipinski definition) is 2. The fourth-order valence-corrected chi connectivity index (χ4v) is 4.22. The molecule has 3 N–H and O–H groups in total. The van der Waals surface area contributed by atoms with Gasteiger partial charge in [0, 0.05) is 16.7 Å². The molecular formula is C16H10Cl3NO7S. The van der Waals surface area contributed by atoms with Gasteiger partial charge in [0.25, 0.3) is 6.29 Å². The number of ether oxygens (including phenoxy) is 2. The van der Waals surface area contributed by atoms with Crippen molar-refractivity contribution in [3.8, 4) is 5.75 Å². The fourth-order valence-electron chi connectivity index (χ4n) is 2.66. The zero-order valence-electron chi connectivity index (χ0n) is 13.6. The van der Waals surface area contributed by atoms with Gasteiger partial charge >= 0.3 is 6.16 Å². The van der Waals surface area contributed by atoms with E-state index in [0.717, 1.165) is 6.07 Å². The van der Waals surface area contributed by atoms with E-state index in [0.29, 0.717) is 5.56 Å². The van der Waals surface area contributed by atoms with Crippen LogP contribution in [0.3, 0.4) is 0 Å². The number of sulfonamides is 1. The largest absolute Gasteiger partial charge is 0.508 e. The van der Waals surface area contributed by atoms with E-state index in [1.807, 2.05) is 0 Å². The summed E-state index contributed by atoms with van der Waals surface area (Å²) in [4.78, 5) is 23.1. The topological polar surface area (TPSA) is 133 Å². The Bertz CT molecular complexity index is 1120. The summed E-state index contributed by atoms with van der Waals surface area (Å²) >= 11 is 18.2.